The quantitative estimate of drug-likeness (QED) is 0.170. The van der Waals surface area contributed by atoms with Gasteiger partial charge in [0.05, 0.1) is 0 Å². The highest BCUT2D eigenvalue weighted by atomic mass is 32.1. The van der Waals surface area contributed by atoms with Gasteiger partial charge in [0.15, 0.2) is 0 Å². The van der Waals surface area contributed by atoms with E-state index < -0.39 is 8.07 Å². The van der Waals surface area contributed by atoms with Crippen LogP contribution in [-0.4, -0.2) is 8.07 Å². The Balaban J connectivity index is 1.13. The molecule has 0 bridgehead atoms. The van der Waals surface area contributed by atoms with E-state index in [0.717, 1.165) is 33.3 Å². The summed E-state index contributed by atoms with van der Waals surface area (Å²) in [6, 6.07) is 60.2. The summed E-state index contributed by atoms with van der Waals surface area (Å²) in [5, 5.41) is 10.5. The van der Waals surface area contributed by atoms with Gasteiger partial charge < -0.3 is 9.32 Å². The molecular weight excluding hydrogens is 667 g/mol. The highest BCUT2D eigenvalue weighted by Gasteiger charge is 2.39. The summed E-state index contributed by atoms with van der Waals surface area (Å²) in [6.45, 7) is 5.05. The van der Waals surface area contributed by atoms with Crippen LogP contribution in [-0.2, 0) is 0 Å². The van der Waals surface area contributed by atoms with Gasteiger partial charge in [-0.15, -0.1) is 11.3 Å². The Kier molecular flexibility index (Phi) is 6.31. The van der Waals surface area contributed by atoms with Crippen LogP contribution in [0.15, 0.2) is 168 Å². The summed E-state index contributed by atoms with van der Waals surface area (Å²) in [5.74, 6) is 0. The van der Waals surface area contributed by atoms with E-state index in [1.807, 2.05) is 17.4 Å². The third kappa shape index (κ3) is 4.29. The zero-order chi connectivity index (χ0) is 34.6. The van der Waals surface area contributed by atoms with Gasteiger partial charge in [0.2, 0.25) is 0 Å². The normalized spacial score (nSPS) is 13.3. The molecule has 0 saturated heterocycles. The van der Waals surface area contributed by atoms with Gasteiger partial charge >= 0.3 is 0 Å². The maximum Gasteiger partial charge on any atom is 0.135 e. The molecule has 1 aliphatic heterocycles. The first-order valence-electron chi connectivity index (χ1n) is 17.9. The lowest BCUT2D eigenvalue weighted by Crippen LogP contribution is -2.49. The van der Waals surface area contributed by atoms with Crippen LogP contribution in [0.5, 0.6) is 0 Å². The molecule has 0 fully saturated rings. The van der Waals surface area contributed by atoms with E-state index in [9.17, 15) is 0 Å². The standard InChI is InChI=1S/C48H33NOSSi/c1-52(2)45-26-24-39-38-17-6-8-20-44(38)51-48(39)47(45)40-23-21-34(29-46(40)52)49(33-22-25-43-41(28-33)37-16-5-7-19-42(37)50-43)32-14-9-13-31(27-32)36-18-10-12-30-11-3-4-15-35(30)36/h3-29H,1-2H3. The first kappa shape index (κ1) is 29.8. The van der Waals surface area contributed by atoms with Crippen molar-refractivity contribution in [2.45, 2.75) is 13.1 Å². The monoisotopic (exact) mass is 699 g/mol. The van der Waals surface area contributed by atoms with Crippen molar-refractivity contribution in [2.24, 2.45) is 0 Å². The fourth-order valence-electron chi connectivity index (χ4n) is 8.72. The van der Waals surface area contributed by atoms with E-state index >= 15 is 0 Å². The highest BCUT2D eigenvalue weighted by Crippen LogP contribution is 2.45. The number of rotatable bonds is 4. The second-order valence-electron chi connectivity index (χ2n) is 14.5. The van der Waals surface area contributed by atoms with Crippen molar-refractivity contribution in [3.8, 4) is 22.3 Å². The van der Waals surface area contributed by atoms with E-state index in [0.29, 0.717) is 0 Å². The molecule has 8 aromatic carbocycles. The van der Waals surface area contributed by atoms with Crippen LogP contribution in [0.25, 0.3) is 75.1 Å². The number of para-hydroxylation sites is 1. The Morgan fingerprint density at radius 3 is 2.12 bits per heavy atom. The second-order valence-corrected chi connectivity index (χ2v) is 19.9. The molecule has 0 unspecified atom stereocenters. The summed E-state index contributed by atoms with van der Waals surface area (Å²) in [5.41, 5.74) is 10.5. The Labute approximate surface area is 306 Å². The summed E-state index contributed by atoms with van der Waals surface area (Å²) in [6.07, 6.45) is 0. The van der Waals surface area contributed by atoms with E-state index in [-0.39, 0.29) is 0 Å². The molecule has 0 N–H and O–H groups in total. The van der Waals surface area contributed by atoms with Crippen molar-refractivity contribution in [1.82, 2.24) is 0 Å². The van der Waals surface area contributed by atoms with Crippen molar-refractivity contribution in [2.75, 3.05) is 4.90 Å². The predicted molar refractivity (Wildman–Crippen MR) is 226 cm³/mol. The number of benzene rings is 8. The van der Waals surface area contributed by atoms with Crippen LogP contribution in [0.2, 0.25) is 13.1 Å². The zero-order valence-electron chi connectivity index (χ0n) is 28.9. The van der Waals surface area contributed by atoms with E-state index in [1.54, 1.807) is 0 Å². The molecule has 10 aromatic rings. The molecule has 0 saturated carbocycles. The van der Waals surface area contributed by atoms with Crippen LogP contribution in [0.3, 0.4) is 0 Å². The maximum absolute atomic E-state index is 6.28. The Hall–Kier alpha value is -5.94. The topological polar surface area (TPSA) is 16.4 Å². The number of anilines is 3. The van der Waals surface area contributed by atoms with E-state index in [4.69, 9.17) is 4.42 Å². The third-order valence-electron chi connectivity index (χ3n) is 11.2. The summed E-state index contributed by atoms with van der Waals surface area (Å²) >= 11 is 1.94. The summed E-state index contributed by atoms with van der Waals surface area (Å²) in [4.78, 5) is 2.44. The fourth-order valence-corrected chi connectivity index (χ4v) is 13.1. The molecule has 1 aliphatic rings. The molecule has 3 heterocycles. The molecule has 2 aromatic heterocycles. The first-order chi connectivity index (χ1) is 25.5. The van der Waals surface area contributed by atoms with Crippen molar-refractivity contribution in [3.63, 3.8) is 0 Å². The van der Waals surface area contributed by atoms with Gasteiger partial charge in [0.25, 0.3) is 0 Å². The summed E-state index contributed by atoms with van der Waals surface area (Å²) in [7, 11) is -2.03. The molecule has 0 atom stereocenters. The lowest BCUT2D eigenvalue weighted by atomic mass is 9.97. The highest BCUT2D eigenvalue weighted by molar-refractivity contribution is 7.26. The van der Waals surface area contributed by atoms with Gasteiger partial charge in [-0.2, -0.15) is 0 Å². The number of nitrogens with zero attached hydrogens (tertiary/aromatic N) is 1. The van der Waals surface area contributed by atoms with Gasteiger partial charge in [-0.05, 0) is 98.0 Å². The van der Waals surface area contributed by atoms with Crippen molar-refractivity contribution >= 4 is 99.7 Å². The van der Waals surface area contributed by atoms with Gasteiger partial charge in [-0.1, -0.05) is 122 Å². The maximum atomic E-state index is 6.28. The predicted octanol–water partition coefficient (Wildman–Crippen LogP) is 13.0. The third-order valence-corrected chi connectivity index (χ3v) is 16.0. The Morgan fingerprint density at radius 1 is 0.481 bits per heavy atom. The summed E-state index contributed by atoms with van der Waals surface area (Å²) < 4.78 is 9.06. The number of hydrogen-bond acceptors (Lipinski definition) is 3. The molecule has 0 amide bonds. The first-order valence-corrected chi connectivity index (χ1v) is 21.7. The lowest BCUT2D eigenvalue weighted by Gasteiger charge is -2.28. The Bertz CT molecular complexity index is 3070. The smallest absolute Gasteiger partial charge is 0.135 e. The molecule has 11 rings (SSSR count). The molecule has 4 heteroatoms. The molecule has 52 heavy (non-hydrogen) atoms. The van der Waals surface area contributed by atoms with Crippen molar-refractivity contribution in [3.05, 3.63) is 164 Å². The molecule has 0 aliphatic carbocycles. The minimum Gasteiger partial charge on any atom is -0.456 e. The van der Waals surface area contributed by atoms with Crippen molar-refractivity contribution in [1.29, 1.82) is 0 Å². The van der Waals surface area contributed by atoms with Crippen LogP contribution < -0.4 is 15.3 Å². The van der Waals surface area contributed by atoms with Crippen LogP contribution in [0.4, 0.5) is 17.1 Å². The van der Waals surface area contributed by atoms with Crippen LogP contribution >= 0.6 is 11.3 Å². The second kappa shape index (κ2) is 11.0. The largest absolute Gasteiger partial charge is 0.456 e. The number of hydrogen-bond donors (Lipinski definition) is 0. The minimum atomic E-state index is -2.03. The van der Waals surface area contributed by atoms with E-state index in [2.05, 4.69) is 176 Å². The van der Waals surface area contributed by atoms with Gasteiger partial charge in [-0.25, -0.2) is 0 Å². The molecule has 0 spiro atoms. The van der Waals surface area contributed by atoms with Crippen LogP contribution in [0.1, 0.15) is 0 Å². The van der Waals surface area contributed by atoms with Crippen LogP contribution in [0, 0.1) is 0 Å². The number of furan rings is 1. The molecule has 246 valence electrons. The molecule has 2 nitrogen and oxygen atoms in total. The minimum absolute atomic E-state index is 0.903. The average Bonchev–Trinajstić information content (AvgIpc) is 3.82. The molecule has 0 radical (unpaired) electrons. The SMILES string of the molecule is C[Si]1(C)c2cc(N(c3cccc(-c4cccc5ccccc45)c3)c3ccc4oc5ccccc5c4c3)ccc2-c2c1ccc1c2sc2ccccc21. The number of thiophene rings is 1. The average molecular weight is 700 g/mol. The van der Waals surface area contributed by atoms with Gasteiger partial charge in [-0.3, -0.25) is 0 Å². The lowest BCUT2D eigenvalue weighted by molar-refractivity contribution is 0.669. The van der Waals surface area contributed by atoms with Gasteiger partial charge in [0.1, 0.15) is 19.2 Å². The van der Waals surface area contributed by atoms with Gasteiger partial charge in [0, 0.05) is 48.0 Å². The number of fused-ring (bicyclic) bond motifs is 11. The fraction of sp³-hybridized carbons (Fsp3) is 0.0417. The molecular formula is C48H33NOSSi. The Morgan fingerprint density at radius 2 is 1.19 bits per heavy atom. The van der Waals surface area contributed by atoms with E-state index in [1.165, 1.54) is 69.3 Å². The van der Waals surface area contributed by atoms with Crippen molar-refractivity contribution < 1.29 is 4.42 Å². The zero-order valence-corrected chi connectivity index (χ0v) is 30.7.